The highest BCUT2D eigenvalue weighted by Gasteiger charge is 2.30. The first-order valence-corrected chi connectivity index (χ1v) is 6.22. The minimum atomic E-state index is -4.27. The number of aromatic carboxylic acids is 1. The maximum Gasteiger partial charge on any atom is 0.391 e. The van der Waals surface area contributed by atoms with E-state index in [2.05, 4.69) is 10.3 Å². The summed E-state index contributed by atoms with van der Waals surface area (Å²) in [5, 5.41) is 12.7. The summed E-state index contributed by atoms with van der Waals surface area (Å²) >= 11 is 0. The number of anilines is 1. The Hall–Kier alpha value is -2.31. The number of fused-ring (bicyclic) bond motifs is 1. The van der Waals surface area contributed by atoms with Crippen LogP contribution in [0.4, 0.5) is 19.0 Å². The van der Waals surface area contributed by atoms with Crippen LogP contribution in [0.15, 0.2) is 30.5 Å². The van der Waals surface area contributed by atoms with E-state index in [1.165, 1.54) is 6.92 Å². The third-order valence-electron chi connectivity index (χ3n) is 2.95. The van der Waals surface area contributed by atoms with Crippen molar-refractivity contribution in [2.24, 2.45) is 0 Å². The first-order chi connectivity index (χ1) is 9.78. The van der Waals surface area contributed by atoms with Crippen molar-refractivity contribution in [1.82, 2.24) is 4.98 Å². The van der Waals surface area contributed by atoms with Gasteiger partial charge in [0.2, 0.25) is 0 Å². The van der Waals surface area contributed by atoms with E-state index in [0.717, 1.165) is 6.20 Å². The Bertz CT molecular complexity index is 671. The minimum Gasteiger partial charge on any atom is -0.478 e. The number of aromatic nitrogens is 1. The molecule has 0 aliphatic carbocycles. The number of hydrogen-bond donors (Lipinski definition) is 2. The molecule has 0 aliphatic heterocycles. The van der Waals surface area contributed by atoms with Gasteiger partial charge in [-0.15, -0.1) is 0 Å². The van der Waals surface area contributed by atoms with Crippen LogP contribution in [0.3, 0.4) is 0 Å². The largest absolute Gasteiger partial charge is 0.478 e. The van der Waals surface area contributed by atoms with Crippen molar-refractivity contribution < 1.29 is 23.1 Å². The highest BCUT2D eigenvalue weighted by Crippen LogP contribution is 2.27. The molecule has 4 nitrogen and oxygen atoms in total. The molecule has 112 valence electrons. The summed E-state index contributed by atoms with van der Waals surface area (Å²) in [7, 11) is 0. The highest BCUT2D eigenvalue weighted by atomic mass is 19.4. The summed E-state index contributed by atoms with van der Waals surface area (Å²) in [6, 6.07) is 5.70. The van der Waals surface area contributed by atoms with Gasteiger partial charge in [0, 0.05) is 23.0 Å². The molecule has 0 aliphatic rings. The molecule has 0 bridgehead atoms. The van der Waals surface area contributed by atoms with Gasteiger partial charge in [-0.3, -0.25) is 0 Å². The van der Waals surface area contributed by atoms with E-state index in [1.54, 1.807) is 24.3 Å². The molecule has 2 aromatic rings. The Morgan fingerprint density at radius 3 is 2.52 bits per heavy atom. The van der Waals surface area contributed by atoms with E-state index in [-0.39, 0.29) is 11.4 Å². The maximum atomic E-state index is 12.4. The van der Waals surface area contributed by atoms with Gasteiger partial charge in [-0.1, -0.05) is 24.3 Å². The molecule has 1 aromatic heterocycles. The van der Waals surface area contributed by atoms with E-state index in [0.29, 0.717) is 10.8 Å². The quantitative estimate of drug-likeness (QED) is 0.903. The average Bonchev–Trinajstić information content (AvgIpc) is 2.36. The van der Waals surface area contributed by atoms with Gasteiger partial charge in [-0.05, 0) is 6.92 Å². The molecule has 7 heteroatoms. The van der Waals surface area contributed by atoms with E-state index in [9.17, 15) is 18.0 Å². The van der Waals surface area contributed by atoms with Crippen molar-refractivity contribution in [2.45, 2.75) is 25.6 Å². The first kappa shape index (κ1) is 15.1. The van der Waals surface area contributed by atoms with Gasteiger partial charge in [0.05, 0.1) is 12.0 Å². The summed E-state index contributed by atoms with van der Waals surface area (Å²) in [5.41, 5.74) is 0.0135. The number of nitrogens with zero attached hydrogens (tertiary/aromatic N) is 1. The molecule has 0 radical (unpaired) electrons. The lowest BCUT2D eigenvalue weighted by Gasteiger charge is -2.18. The van der Waals surface area contributed by atoms with E-state index < -0.39 is 24.6 Å². The molecular formula is C14H13F3N2O2. The molecule has 0 saturated heterocycles. The van der Waals surface area contributed by atoms with E-state index in [1.807, 2.05) is 0 Å². The fourth-order valence-corrected chi connectivity index (χ4v) is 2.11. The number of hydrogen-bond acceptors (Lipinski definition) is 3. The fourth-order valence-electron chi connectivity index (χ4n) is 2.11. The second-order valence-corrected chi connectivity index (χ2v) is 4.74. The zero-order chi connectivity index (χ0) is 15.6. The van der Waals surface area contributed by atoms with Crippen LogP contribution in [0.5, 0.6) is 0 Å². The molecule has 0 fully saturated rings. The zero-order valence-corrected chi connectivity index (χ0v) is 11.1. The van der Waals surface area contributed by atoms with Gasteiger partial charge in [0.25, 0.3) is 0 Å². The van der Waals surface area contributed by atoms with Crippen molar-refractivity contribution >= 4 is 22.6 Å². The number of benzene rings is 1. The Balaban J connectivity index is 2.38. The SMILES string of the molecule is CC(CC(F)(F)F)Nc1ncc(C(=O)O)c2ccccc12. The van der Waals surface area contributed by atoms with Crippen LogP contribution >= 0.6 is 0 Å². The number of carbonyl (C=O) groups is 1. The van der Waals surface area contributed by atoms with Crippen LogP contribution in [0.25, 0.3) is 10.8 Å². The summed E-state index contributed by atoms with van der Waals surface area (Å²) in [5.74, 6) is -0.888. The molecule has 21 heavy (non-hydrogen) atoms. The van der Waals surface area contributed by atoms with Crippen molar-refractivity contribution in [2.75, 3.05) is 5.32 Å². The van der Waals surface area contributed by atoms with Crippen LogP contribution in [0, 0.1) is 0 Å². The smallest absolute Gasteiger partial charge is 0.391 e. The molecule has 1 atom stereocenters. The van der Waals surface area contributed by atoms with Gasteiger partial charge in [-0.25, -0.2) is 9.78 Å². The molecule has 2 N–H and O–H groups in total. The average molecular weight is 298 g/mol. The van der Waals surface area contributed by atoms with E-state index >= 15 is 0 Å². The van der Waals surface area contributed by atoms with Gasteiger partial charge < -0.3 is 10.4 Å². The predicted octanol–water partition coefficient (Wildman–Crippen LogP) is 3.69. The van der Waals surface area contributed by atoms with Crippen LogP contribution in [-0.2, 0) is 0 Å². The van der Waals surface area contributed by atoms with Crippen LogP contribution in [0.1, 0.15) is 23.7 Å². The van der Waals surface area contributed by atoms with Crippen LogP contribution in [0.2, 0.25) is 0 Å². The Labute approximate surface area is 118 Å². The minimum absolute atomic E-state index is 0.0135. The normalized spacial score (nSPS) is 13.1. The molecule has 1 heterocycles. The Kier molecular flexibility index (Phi) is 4.02. The summed E-state index contributed by atoms with van der Waals surface area (Å²) in [6.45, 7) is 1.40. The van der Waals surface area contributed by atoms with E-state index in [4.69, 9.17) is 5.11 Å². The van der Waals surface area contributed by atoms with Crippen molar-refractivity contribution in [3.63, 3.8) is 0 Å². The fraction of sp³-hybridized carbons (Fsp3) is 0.286. The van der Waals surface area contributed by atoms with Gasteiger partial charge in [-0.2, -0.15) is 13.2 Å². The van der Waals surface area contributed by atoms with Gasteiger partial charge in [0.15, 0.2) is 0 Å². The highest BCUT2D eigenvalue weighted by molar-refractivity contribution is 6.06. The number of halogens is 3. The predicted molar refractivity (Wildman–Crippen MR) is 72.5 cm³/mol. The third kappa shape index (κ3) is 3.62. The lowest BCUT2D eigenvalue weighted by Crippen LogP contribution is -2.24. The number of alkyl halides is 3. The molecule has 1 unspecified atom stereocenters. The molecular weight excluding hydrogens is 285 g/mol. The molecule has 2 rings (SSSR count). The van der Waals surface area contributed by atoms with Crippen molar-refractivity contribution in [3.05, 3.63) is 36.0 Å². The van der Waals surface area contributed by atoms with Gasteiger partial charge >= 0.3 is 12.1 Å². The summed E-state index contributed by atoms with van der Waals surface area (Å²) < 4.78 is 37.1. The number of nitrogens with one attached hydrogen (secondary N) is 1. The maximum absolute atomic E-state index is 12.4. The third-order valence-corrected chi connectivity index (χ3v) is 2.95. The number of carboxylic acid groups (broad SMARTS) is 1. The molecule has 0 saturated carbocycles. The molecule has 0 spiro atoms. The van der Waals surface area contributed by atoms with Crippen LogP contribution in [-0.4, -0.2) is 28.3 Å². The first-order valence-electron chi connectivity index (χ1n) is 6.22. The zero-order valence-electron chi connectivity index (χ0n) is 11.1. The van der Waals surface area contributed by atoms with Crippen LogP contribution < -0.4 is 5.32 Å². The topological polar surface area (TPSA) is 62.2 Å². The summed E-state index contributed by atoms with van der Waals surface area (Å²) in [6.07, 6.45) is -4.12. The van der Waals surface area contributed by atoms with Crippen molar-refractivity contribution in [3.8, 4) is 0 Å². The van der Waals surface area contributed by atoms with Gasteiger partial charge in [0.1, 0.15) is 5.82 Å². The lowest BCUT2D eigenvalue weighted by molar-refractivity contribution is -0.136. The summed E-state index contributed by atoms with van der Waals surface area (Å²) in [4.78, 5) is 15.1. The lowest BCUT2D eigenvalue weighted by atomic mass is 10.1. The Morgan fingerprint density at radius 1 is 1.33 bits per heavy atom. The number of carboxylic acids is 1. The van der Waals surface area contributed by atoms with Crippen molar-refractivity contribution in [1.29, 1.82) is 0 Å². The molecule has 0 amide bonds. The molecule has 1 aromatic carbocycles. The number of pyridine rings is 1. The standard InChI is InChI=1S/C14H13F3N2O2/c1-8(6-14(15,16)17)19-12-10-5-3-2-4-9(10)11(7-18-12)13(20)21/h2-5,7-8H,6H2,1H3,(H,18,19)(H,20,21). The second-order valence-electron chi connectivity index (χ2n) is 4.74. The Morgan fingerprint density at radius 2 is 1.95 bits per heavy atom. The second kappa shape index (κ2) is 5.59. The monoisotopic (exact) mass is 298 g/mol. The number of rotatable bonds is 4.